The Kier molecular flexibility index (Phi) is 4.98. The average Bonchev–Trinajstić information content (AvgIpc) is 2.54. The van der Waals surface area contributed by atoms with Gasteiger partial charge < -0.3 is 0 Å². The standard InChI is InChI=1S/C18H13F5/c1-12(10-19)13-2-4-14(5-3-13)15-6-8-16(9-7-15)17(11-20)18(21,22)23/h2-11H,1H3/b12-10-,17-11+. The van der Waals surface area contributed by atoms with E-state index in [1.165, 1.54) is 24.3 Å². The van der Waals surface area contributed by atoms with E-state index in [0.29, 0.717) is 23.0 Å². The maximum Gasteiger partial charge on any atom is 0.419 e. The molecule has 0 radical (unpaired) electrons. The van der Waals surface area contributed by atoms with Crippen molar-refractivity contribution in [2.45, 2.75) is 13.1 Å². The van der Waals surface area contributed by atoms with Gasteiger partial charge >= 0.3 is 6.18 Å². The molecule has 2 rings (SSSR count). The smallest absolute Gasteiger partial charge is 0.215 e. The van der Waals surface area contributed by atoms with Crippen LogP contribution in [0.5, 0.6) is 0 Å². The van der Waals surface area contributed by atoms with Gasteiger partial charge in [-0.2, -0.15) is 13.2 Å². The van der Waals surface area contributed by atoms with Crippen LogP contribution in [0.15, 0.2) is 61.2 Å². The van der Waals surface area contributed by atoms with E-state index < -0.39 is 18.1 Å². The van der Waals surface area contributed by atoms with Crippen molar-refractivity contribution in [3.63, 3.8) is 0 Å². The molecule has 0 saturated heterocycles. The van der Waals surface area contributed by atoms with Crippen molar-refractivity contribution in [2.24, 2.45) is 0 Å². The monoisotopic (exact) mass is 324 g/mol. The summed E-state index contributed by atoms with van der Waals surface area (Å²) >= 11 is 0. The molecule has 0 spiro atoms. The van der Waals surface area contributed by atoms with Gasteiger partial charge in [0.25, 0.3) is 0 Å². The molecule has 2 aromatic carbocycles. The topological polar surface area (TPSA) is 0 Å². The molecule has 0 fully saturated rings. The molecule has 0 atom stereocenters. The maximum absolute atomic E-state index is 12.6. The van der Waals surface area contributed by atoms with Crippen molar-refractivity contribution >= 4 is 11.1 Å². The van der Waals surface area contributed by atoms with Crippen LogP contribution in [0.1, 0.15) is 18.1 Å². The lowest BCUT2D eigenvalue weighted by molar-refractivity contribution is -0.0694. The fourth-order valence-corrected chi connectivity index (χ4v) is 2.12. The molecule has 0 aliphatic heterocycles. The summed E-state index contributed by atoms with van der Waals surface area (Å²) in [7, 11) is 0. The van der Waals surface area contributed by atoms with E-state index in [0.717, 1.165) is 5.56 Å². The largest absolute Gasteiger partial charge is 0.419 e. The van der Waals surface area contributed by atoms with Gasteiger partial charge in [0.1, 0.15) is 0 Å². The molecule has 0 aliphatic carbocycles. The molecule has 0 amide bonds. The molecule has 0 heterocycles. The SMILES string of the molecule is C/C(=C/F)c1ccc(-c2ccc(/C(=C\F)C(F)(F)F)cc2)cc1. The zero-order chi connectivity index (χ0) is 17.0. The minimum absolute atomic E-state index is 0.239. The maximum atomic E-state index is 12.6. The van der Waals surface area contributed by atoms with Crippen LogP contribution in [0.2, 0.25) is 0 Å². The van der Waals surface area contributed by atoms with Gasteiger partial charge in [0, 0.05) is 0 Å². The van der Waals surface area contributed by atoms with Gasteiger partial charge in [0.2, 0.25) is 0 Å². The Labute approximate surface area is 130 Å². The predicted octanol–water partition coefficient (Wildman–Crippen LogP) is 6.56. The molecule has 2 aromatic rings. The third-order valence-electron chi connectivity index (χ3n) is 3.45. The summed E-state index contributed by atoms with van der Waals surface area (Å²) in [5.41, 5.74) is 1.09. The van der Waals surface area contributed by atoms with E-state index in [4.69, 9.17) is 0 Å². The van der Waals surface area contributed by atoms with Gasteiger partial charge in [0.15, 0.2) is 0 Å². The second-order valence-electron chi connectivity index (χ2n) is 4.97. The van der Waals surface area contributed by atoms with E-state index in [-0.39, 0.29) is 5.56 Å². The first-order valence-corrected chi connectivity index (χ1v) is 6.72. The summed E-state index contributed by atoms with van der Waals surface area (Å²) in [6.45, 7) is 1.63. The molecule has 0 aliphatic rings. The third-order valence-corrected chi connectivity index (χ3v) is 3.45. The Bertz CT molecular complexity index is 720. The highest BCUT2D eigenvalue weighted by molar-refractivity contribution is 5.73. The molecular formula is C18H13F5. The third kappa shape index (κ3) is 3.86. The van der Waals surface area contributed by atoms with Gasteiger partial charge in [-0.1, -0.05) is 48.5 Å². The Morgan fingerprint density at radius 2 is 1.17 bits per heavy atom. The first-order valence-electron chi connectivity index (χ1n) is 6.72. The molecular weight excluding hydrogens is 311 g/mol. The van der Waals surface area contributed by atoms with Gasteiger partial charge in [-0.3, -0.25) is 0 Å². The van der Waals surface area contributed by atoms with Crippen LogP contribution in [0.25, 0.3) is 22.3 Å². The van der Waals surface area contributed by atoms with Crippen LogP contribution < -0.4 is 0 Å². The fourth-order valence-electron chi connectivity index (χ4n) is 2.12. The highest BCUT2D eigenvalue weighted by Crippen LogP contribution is 2.34. The first-order chi connectivity index (χ1) is 10.9. The zero-order valence-corrected chi connectivity index (χ0v) is 12.2. The molecule has 0 N–H and O–H groups in total. The molecule has 0 saturated carbocycles. The van der Waals surface area contributed by atoms with Crippen LogP contribution in [0.4, 0.5) is 22.0 Å². The van der Waals surface area contributed by atoms with E-state index >= 15 is 0 Å². The fraction of sp³-hybridized carbons (Fsp3) is 0.111. The highest BCUT2D eigenvalue weighted by atomic mass is 19.4. The molecule has 0 bridgehead atoms. The normalized spacial score (nSPS) is 13.3. The number of benzene rings is 2. The molecule has 120 valence electrons. The number of hydrogen-bond acceptors (Lipinski definition) is 0. The summed E-state index contributed by atoms with van der Waals surface area (Å²) in [5, 5.41) is 0. The van der Waals surface area contributed by atoms with Crippen molar-refractivity contribution in [3.05, 3.63) is 72.3 Å². The number of hydrogen-bond donors (Lipinski definition) is 0. The summed E-state index contributed by atoms with van der Waals surface area (Å²) in [6.07, 6.45) is -4.67. The molecule has 5 heteroatoms. The minimum atomic E-state index is -4.74. The second-order valence-corrected chi connectivity index (χ2v) is 4.97. The summed E-state index contributed by atoms with van der Waals surface area (Å²) < 4.78 is 62.9. The van der Waals surface area contributed by atoms with Gasteiger partial charge in [-0.05, 0) is 34.8 Å². The summed E-state index contributed by atoms with van der Waals surface area (Å²) in [5.74, 6) is 0. The van der Waals surface area contributed by atoms with Gasteiger partial charge in [0.05, 0.1) is 18.2 Å². The van der Waals surface area contributed by atoms with E-state index in [1.807, 2.05) is 0 Å². The molecule has 0 nitrogen and oxygen atoms in total. The van der Waals surface area contributed by atoms with E-state index in [2.05, 4.69) is 0 Å². The van der Waals surface area contributed by atoms with Crippen LogP contribution >= 0.6 is 0 Å². The van der Waals surface area contributed by atoms with Crippen molar-refractivity contribution in [1.82, 2.24) is 0 Å². The number of alkyl halides is 3. The van der Waals surface area contributed by atoms with Crippen LogP contribution in [-0.2, 0) is 0 Å². The number of rotatable bonds is 3. The average molecular weight is 324 g/mol. The first kappa shape index (κ1) is 16.9. The van der Waals surface area contributed by atoms with Crippen LogP contribution in [0.3, 0.4) is 0 Å². The summed E-state index contributed by atoms with van der Waals surface area (Å²) in [6, 6.07) is 12.3. The lowest BCUT2D eigenvalue weighted by Crippen LogP contribution is -2.10. The summed E-state index contributed by atoms with van der Waals surface area (Å²) in [4.78, 5) is 0. The molecule has 0 unspecified atom stereocenters. The highest BCUT2D eigenvalue weighted by Gasteiger charge is 2.34. The predicted molar refractivity (Wildman–Crippen MR) is 81.8 cm³/mol. The van der Waals surface area contributed by atoms with Crippen LogP contribution in [0, 0.1) is 0 Å². The van der Waals surface area contributed by atoms with E-state index in [9.17, 15) is 22.0 Å². The van der Waals surface area contributed by atoms with Crippen molar-refractivity contribution in [2.75, 3.05) is 0 Å². The second kappa shape index (κ2) is 6.77. The lowest BCUT2D eigenvalue weighted by Gasteiger charge is -2.11. The Morgan fingerprint density at radius 1 is 0.739 bits per heavy atom. The van der Waals surface area contributed by atoms with Crippen molar-refractivity contribution < 1.29 is 22.0 Å². The quantitative estimate of drug-likeness (QED) is 0.561. The molecule has 0 aromatic heterocycles. The minimum Gasteiger partial charge on any atom is -0.215 e. The Hall–Kier alpha value is -2.43. The van der Waals surface area contributed by atoms with Crippen LogP contribution in [-0.4, -0.2) is 6.18 Å². The Balaban J connectivity index is 2.30. The van der Waals surface area contributed by atoms with Gasteiger partial charge in [-0.25, -0.2) is 8.78 Å². The van der Waals surface area contributed by atoms with Crippen molar-refractivity contribution in [3.8, 4) is 11.1 Å². The Morgan fingerprint density at radius 3 is 1.52 bits per heavy atom. The number of allylic oxidation sites excluding steroid dienone is 2. The van der Waals surface area contributed by atoms with E-state index in [1.54, 1.807) is 31.2 Å². The lowest BCUT2D eigenvalue weighted by atomic mass is 9.99. The number of halogens is 5. The van der Waals surface area contributed by atoms with Crippen molar-refractivity contribution in [1.29, 1.82) is 0 Å². The zero-order valence-electron chi connectivity index (χ0n) is 12.2. The van der Waals surface area contributed by atoms with Gasteiger partial charge in [-0.15, -0.1) is 0 Å². The molecule has 23 heavy (non-hydrogen) atoms.